The first kappa shape index (κ1) is 18.1. The van der Waals surface area contributed by atoms with Gasteiger partial charge in [-0.15, -0.1) is 0 Å². The van der Waals surface area contributed by atoms with Crippen LogP contribution in [0.2, 0.25) is 0 Å². The van der Waals surface area contributed by atoms with E-state index in [-0.39, 0.29) is 5.91 Å². The van der Waals surface area contributed by atoms with Crippen molar-refractivity contribution >= 4 is 29.0 Å². The van der Waals surface area contributed by atoms with E-state index in [4.69, 9.17) is 5.73 Å². The molecule has 2 heterocycles. The average molecular weight is 377 g/mol. The second-order valence-corrected chi connectivity index (χ2v) is 7.01. The van der Waals surface area contributed by atoms with Gasteiger partial charge in [0.25, 0.3) is 5.91 Å². The van der Waals surface area contributed by atoms with Crippen LogP contribution in [0.15, 0.2) is 29.5 Å². The van der Waals surface area contributed by atoms with Crippen LogP contribution in [0.1, 0.15) is 59.0 Å². The third-order valence-electron chi connectivity index (χ3n) is 5.19. The fraction of sp³-hybridized carbons (Fsp3) is 0.350. The van der Waals surface area contributed by atoms with Crippen molar-refractivity contribution in [2.45, 2.75) is 38.1 Å². The number of nitrogens with two attached hydrogens (primary N) is 1. The Morgan fingerprint density at radius 1 is 1.36 bits per heavy atom. The number of aromatic amines is 1. The first-order chi connectivity index (χ1) is 13.7. The van der Waals surface area contributed by atoms with Gasteiger partial charge < -0.3 is 16.0 Å². The van der Waals surface area contributed by atoms with Gasteiger partial charge in [-0.1, -0.05) is 25.0 Å². The quantitative estimate of drug-likeness (QED) is 0.466. The predicted octanol–water partition coefficient (Wildman–Crippen LogP) is 2.57. The third-order valence-corrected chi connectivity index (χ3v) is 5.19. The molecule has 1 aliphatic carbocycles. The molecular formula is C20H23N7O. The highest BCUT2D eigenvalue weighted by molar-refractivity contribution is 6.02. The van der Waals surface area contributed by atoms with Gasteiger partial charge in [-0.25, -0.2) is 15.0 Å². The number of imidazole rings is 1. The minimum absolute atomic E-state index is 0.282. The van der Waals surface area contributed by atoms with E-state index >= 15 is 0 Å². The molecule has 28 heavy (non-hydrogen) atoms. The smallest absolute Gasteiger partial charge is 0.272 e. The van der Waals surface area contributed by atoms with Crippen LogP contribution in [0.5, 0.6) is 0 Å². The molecule has 0 unspecified atom stereocenters. The Hall–Kier alpha value is -3.29. The molecule has 1 aromatic carbocycles. The Morgan fingerprint density at radius 2 is 2.18 bits per heavy atom. The standard InChI is InChI=1S/C20H23N7O/c1-22-10-14-13(7-4-8-15(14)21)9-23-20(28)17-16-19(25-11-24-17)27-18(26-16)12-5-2-3-6-12/h4,7-8,10-12H,2-3,5-6,9,21H2,1H3,(H,23,28)(H,24,25,26,27). The summed E-state index contributed by atoms with van der Waals surface area (Å²) in [5.41, 5.74) is 9.77. The van der Waals surface area contributed by atoms with Crippen LogP contribution in [-0.4, -0.2) is 39.1 Å². The molecule has 0 bridgehead atoms. The van der Waals surface area contributed by atoms with Crippen LogP contribution in [0, 0.1) is 0 Å². The summed E-state index contributed by atoms with van der Waals surface area (Å²) >= 11 is 0. The number of hydrogen-bond acceptors (Lipinski definition) is 6. The fourth-order valence-corrected chi connectivity index (χ4v) is 3.74. The number of nitrogen functional groups attached to an aromatic ring is 1. The summed E-state index contributed by atoms with van der Waals surface area (Å²) in [4.78, 5) is 33.1. The highest BCUT2D eigenvalue weighted by atomic mass is 16.1. The molecule has 0 aliphatic heterocycles. The number of benzene rings is 1. The van der Waals surface area contributed by atoms with Gasteiger partial charge in [0.1, 0.15) is 17.7 Å². The number of rotatable bonds is 5. The summed E-state index contributed by atoms with van der Waals surface area (Å²) in [5.74, 6) is 1.03. The predicted molar refractivity (Wildman–Crippen MR) is 108 cm³/mol. The highest BCUT2D eigenvalue weighted by Crippen LogP contribution is 2.33. The molecule has 1 aliphatic rings. The lowest BCUT2D eigenvalue weighted by Crippen LogP contribution is -2.25. The molecule has 4 rings (SSSR count). The van der Waals surface area contributed by atoms with Gasteiger partial charge in [0.2, 0.25) is 0 Å². The average Bonchev–Trinajstić information content (AvgIpc) is 3.37. The topological polar surface area (TPSA) is 122 Å². The van der Waals surface area contributed by atoms with Crippen LogP contribution in [0.3, 0.4) is 0 Å². The molecule has 1 fully saturated rings. The number of aliphatic imine (C=N–C) groups is 1. The van der Waals surface area contributed by atoms with Crippen molar-refractivity contribution in [2.24, 2.45) is 4.99 Å². The Labute approximate surface area is 162 Å². The van der Waals surface area contributed by atoms with Gasteiger partial charge >= 0.3 is 0 Å². The van der Waals surface area contributed by atoms with Gasteiger partial charge in [-0.2, -0.15) is 0 Å². The van der Waals surface area contributed by atoms with Gasteiger partial charge in [-0.05, 0) is 24.5 Å². The Bertz CT molecular complexity index is 1030. The second-order valence-electron chi connectivity index (χ2n) is 7.01. The molecule has 4 N–H and O–H groups in total. The molecule has 0 saturated heterocycles. The van der Waals surface area contributed by atoms with E-state index < -0.39 is 0 Å². The third kappa shape index (κ3) is 3.45. The lowest BCUT2D eigenvalue weighted by Gasteiger charge is -2.10. The molecule has 8 heteroatoms. The number of nitrogens with zero attached hydrogens (tertiary/aromatic N) is 4. The van der Waals surface area contributed by atoms with Crippen molar-refractivity contribution in [3.63, 3.8) is 0 Å². The molecule has 0 radical (unpaired) electrons. The number of carbonyl (C=O) groups excluding carboxylic acids is 1. The second kappa shape index (κ2) is 7.75. The fourth-order valence-electron chi connectivity index (χ4n) is 3.74. The monoisotopic (exact) mass is 377 g/mol. The van der Waals surface area contributed by atoms with Gasteiger partial charge in [0.05, 0.1) is 0 Å². The molecule has 2 aromatic heterocycles. The summed E-state index contributed by atoms with van der Waals surface area (Å²) in [6.07, 6.45) is 7.74. The molecule has 1 amide bonds. The van der Waals surface area contributed by atoms with Crippen molar-refractivity contribution in [2.75, 3.05) is 12.8 Å². The Morgan fingerprint density at radius 3 is 2.96 bits per heavy atom. The van der Waals surface area contributed by atoms with Crippen molar-refractivity contribution < 1.29 is 4.79 Å². The molecule has 144 valence electrons. The summed E-state index contributed by atoms with van der Waals surface area (Å²) < 4.78 is 0. The van der Waals surface area contributed by atoms with Crippen LogP contribution >= 0.6 is 0 Å². The van der Waals surface area contributed by atoms with Crippen molar-refractivity contribution in [1.82, 2.24) is 25.3 Å². The summed E-state index contributed by atoms with van der Waals surface area (Å²) in [6.45, 7) is 0.320. The van der Waals surface area contributed by atoms with Gasteiger partial charge in [0, 0.05) is 37.0 Å². The SMILES string of the molecule is CN=Cc1c(N)cccc1CNC(=O)c1ncnc2nc(C3CCCC3)[nH]c12. The van der Waals surface area contributed by atoms with Crippen LogP contribution < -0.4 is 11.1 Å². The number of carbonyl (C=O) groups is 1. The van der Waals surface area contributed by atoms with E-state index in [0.717, 1.165) is 29.8 Å². The van der Waals surface area contributed by atoms with Gasteiger partial charge in [-0.3, -0.25) is 9.79 Å². The highest BCUT2D eigenvalue weighted by Gasteiger charge is 2.23. The lowest BCUT2D eigenvalue weighted by atomic mass is 10.1. The van der Waals surface area contributed by atoms with E-state index in [9.17, 15) is 4.79 Å². The molecule has 1 saturated carbocycles. The zero-order valence-electron chi connectivity index (χ0n) is 15.8. The van der Waals surface area contributed by atoms with Crippen LogP contribution in [0.4, 0.5) is 5.69 Å². The zero-order chi connectivity index (χ0) is 19.5. The van der Waals surface area contributed by atoms with E-state index in [1.54, 1.807) is 13.3 Å². The Kier molecular flexibility index (Phi) is 5.01. The van der Waals surface area contributed by atoms with E-state index in [0.29, 0.717) is 35.0 Å². The lowest BCUT2D eigenvalue weighted by molar-refractivity contribution is 0.0947. The zero-order valence-corrected chi connectivity index (χ0v) is 15.8. The van der Waals surface area contributed by atoms with Crippen molar-refractivity contribution in [3.05, 3.63) is 47.2 Å². The largest absolute Gasteiger partial charge is 0.398 e. The molecule has 0 atom stereocenters. The van der Waals surface area contributed by atoms with E-state index in [1.807, 2.05) is 18.2 Å². The number of aromatic nitrogens is 4. The first-order valence-corrected chi connectivity index (χ1v) is 9.45. The van der Waals surface area contributed by atoms with Gasteiger partial charge in [0.15, 0.2) is 11.3 Å². The first-order valence-electron chi connectivity index (χ1n) is 9.45. The van der Waals surface area contributed by atoms with Crippen molar-refractivity contribution in [1.29, 1.82) is 0 Å². The normalized spacial score (nSPS) is 14.9. The van der Waals surface area contributed by atoms with E-state index in [2.05, 4.69) is 30.2 Å². The molecule has 0 spiro atoms. The summed E-state index contributed by atoms with van der Waals surface area (Å²) in [6, 6.07) is 5.58. The number of fused-ring (bicyclic) bond motifs is 1. The summed E-state index contributed by atoms with van der Waals surface area (Å²) in [5, 5.41) is 2.92. The Balaban J connectivity index is 1.57. The maximum Gasteiger partial charge on any atom is 0.272 e. The number of anilines is 1. The molecular weight excluding hydrogens is 354 g/mol. The minimum Gasteiger partial charge on any atom is -0.398 e. The minimum atomic E-state index is -0.282. The number of H-pyrrole nitrogens is 1. The van der Waals surface area contributed by atoms with Crippen LogP contribution in [0.25, 0.3) is 11.2 Å². The van der Waals surface area contributed by atoms with Crippen LogP contribution in [-0.2, 0) is 6.54 Å². The van der Waals surface area contributed by atoms with Crippen molar-refractivity contribution in [3.8, 4) is 0 Å². The molecule has 3 aromatic rings. The molecule has 8 nitrogen and oxygen atoms in total. The number of amides is 1. The number of hydrogen-bond donors (Lipinski definition) is 3. The van der Waals surface area contributed by atoms with E-state index in [1.165, 1.54) is 19.2 Å². The summed E-state index contributed by atoms with van der Waals surface area (Å²) in [7, 11) is 1.69. The maximum absolute atomic E-state index is 12.8. The maximum atomic E-state index is 12.8. The number of nitrogens with one attached hydrogen (secondary N) is 2.